The Kier molecular flexibility index (Phi) is 2.82. The van der Waals surface area contributed by atoms with E-state index >= 15 is 0 Å². The fourth-order valence-electron chi connectivity index (χ4n) is 0.802. The summed E-state index contributed by atoms with van der Waals surface area (Å²) in [4.78, 5) is 1.31. The van der Waals surface area contributed by atoms with Crippen molar-refractivity contribution in [2.45, 2.75) is 11.8 Å². The Morgan fingerprint density at radius 1 is 1.50 bits per heavy atom. The molecule has 0 saturated carbocycles. The van der Waals surface area contributed by atoms with Gasteiger partial charge < -0.3 is 0 Å². The van der Waals surface area contributed by atoms with Crippen molar-refractivity contribution in [3.05, 3.63) is 36.8 Å². The minimum absolute atomic E-state index is 1.10. The van der Waals surface area contributed by atoms with Crippen LogP contribution in [0.25, 0.3) is 0 Å². The smallest absolute Gasteiger partial charge is 0.00745 e. The molecule has 53 valence electrons. The average molecular weight is 151 g/mol. The first kappa shape index (κ1) is 7.67. The zero-order valence-corrected chi connectivity index (χ0v) is 6.95. The predicted molar refractivity (Wildman–Crippen MR) is 47.3 cm³/mol. The zero-order chi connectivity index (χ0) is 7.40. The Hall–Kier alpha value is -0.430. The zero-order valence-electron chi connectivity index (χ0n) is 6.13. The average Bonchev–Trinajstić information content (AvgIpc) is 1.88. The van der Waals surface area contributed by atoms with E-state index in [-0.39, 0.29) is 0 Å². The summed E-state index contributed by atoms with van der Waals surface area (Å²) in [6.45, 7) is 6.00. The highest BCUT2D eigenvalue weighted by molar-refractivity contribution is 7.99. The summed E-state index contributed by atoms with van der Waals surface area (Å²) >= 11 is 1.85. The summed E-state index contributed by atoms with van der Waals surface area (Å²) in [5, 5.41) is 0. The summed E-state index contributed by atoms with van der Waals surface area (Å²) in [6, 6.07) is 8.27. The second-order valence-corrected chi connectivity index (χ2v) is 3.42. The van der Waals surface area contributed by atoms with Crippen LogP contribution in [-0.4, -0.2) is 5.75 Å². The molecule has 0 aromatic heterocycles. The monoisotopic (exact) mass is 151 g/mol. The second kappa shape index (κ2) is 3.67. The first-order valence-corrected chi connectivity index (χ1v) is 4.36. The lowest BCUT2D eigenvalue weighted by molar-refractivity contribution is 1.40. The van der Waals surface area contributed by atoms with Gasteiger partial charge in [-0.25, -0.2) is 0 Å². The number of hydrogen-bond acceptors (Lipinski definition) is 1. The van der Waals surface area contributed by atoms with Crippen LogP contribution in [-0.2, 0) is 0 Å². The molecule has 0 atom stereocenters. The molecule has 1 radical (unpaired) electrons. The largest absolute Gasteiger partial charge is 0.126 e. The lowest BCUT2D eigenvalue weighted by Crippen LogP contribution is -1.74. The molecule has 0 spiro atoms. The maximum atomic E-state index is 3.85. The van der Waals surface area contributed by atoms with Crippen LogP contribution < -0.4 is 0 Å². The molecule has 1 aromatic carbocycles. The van der Waals surface area contributed by atoms with Crippen molar-refractivity contribution in [1.82, 2.24) is 0 Å². The summed E-state index contributed by atoms with van der Waals surface area (Å²) in [5.41, 5.74) is 1.10. The van der Waals surface area contributed by atoms with Crippen molar-refractivity contribution in [3.8, 4) is 0 Å². The van der Waals surface area contributed by atoms with E-state index in [9.17, 15) is 0 Å². The van der Waals surface area contributed by atoms with Crippen LogP contribution in [0.3, 0.4) is 0 Å². The van der Waals surface area contributed by atoms with E-state index in [4.69, 9.17) is 0 Å². The molecule has 0 saturated heterocycles. The molecule has 0 amide bonds. The predicted octanol–water partition coefficient (Wildman–Crippen LogP) is 2.98. The number of hydrogen-bond donors (Lipinski definition) is 0. The summed E-state index contributed by atoms with van der Waals surface area (Å²) < 4.78 is 0. The van der Waals surface area contributed by atoms with Gasteiger partial charge in [0.15, 0.2) is 0 Å². The Labute approximate surface area is 66.6 Å². The molecule has 0 aliphatic heterocycles. The van der Waals surface area contributed by atoms with E-state index in [1.165, 1.54) is 4.90 Å². The van der Waals surface area contributed by atoms with Gasteiger partial charge in [-0.1, -0.05) is 19.1 Å². The summed E-state index contributed by atoms with van der Waals surface area (Å²) in [5.74, 6) is 1.13. The molecule has 1 aromatic rings. The Morgan fingerprint density at radius 3 is 2.90 bits per heavy atom. The third-order valence-electron chi connectivity index (χ3n) is 1.21. The van der Waals surface area contributed by atoms with Gasteiger partial charge in [-0.2, -0.15) is 0 Å². The third kappa shape index (κ3) is 2.07. The molecule has 0 bridgehead atoms. The maximum Gasteiger partial charge on any atom is 0.00745 e. The lowest BCUT2D eigenvalue weighted by Gasteiger charge is -1.97. The van der Waals surface area contributed by atoms with Gasteiger partial charge in [-0.05, 0) is 30.4 Å². The van der Waals surface area contributed by atoms with Crippen LogP contribution in [0.4, 0.5) is 0 Å². The van der Waals surface area contributed by atoms with E-state index in [0.29, 0.717) is 0 Å². The van der Waals surface area contributed by atoms with Crippen LogP contribution in [0.1, 0.15) is 12.5 Å². The van der Waals surface area contributed by atoms with Gasteiger partial charge in [0.25, 0.3) is 0 Å². The SMILES string of the molecule is [CH2]c1cccc(SCC)c1. The second-order valence-electron chi connectivity index (χ2n) is 2.08. The van der Waals surface area contributed by atoms with Crippen LogP contribution in [0.2, 0.25) is 0 Å². The van der Waals surface area contributed by atoms with Crippen molar-refractivity contribution in [3.63, 3.8) is 0 Å². The highest BCUT2D eigenvalue weighted by atomic mass is 32.2. The van der Waals surface area contributed by atoms with Crippen molar-refractivity contribution >= 4 is 11.8 Å². The summed E-state index contributed by atoms with van der Waals surface area (Å²) in [6.07, 6.45) is 0. The van der Waals surface area contributed by atoms with E-state index < -0.39 is 0 Å². The molecule has 0 nitrogen and oxygen atoms in total. The molecule has 0 N–H and O–H groups in total. The normalized spacial score (nSPS) is 9.80. The first-order chi connectivity index (χ1) is 4.83. The molecule has 10 heavy (non-hydrogen) atoms. The Bertz CT molecular complexity index is 206. The van der Waals surface area contributed by atoms with Crippen LogP contribution in [0.15, 0.2) is 29.2 Å². The molecular formula is C9H11S. The van der Waals surface area contributed by atoms with Crippen LogP contribution >= 0.6 is 11.8 Å². The van der Waals surface area contributed by atoms with Crippen LogP contribution in [0.5, 0.6) is 0 Å². The quantitative estimate of drug-likeness (QED) is 0.585. The summed E-state index contributed by atoms with van der Waals surface area (Å²) in [7, 11) is 0. The molecule has 1 rings (SSSR count). The molecule has 0 fully saturated rings. The van der Waals surface area contributed by atoms with E-state index in [2.05, 4.69) is 26.0 Å². The van der Waals surface area contributed by atoms with Gasteiger partial charge in [0.1, 0.15) is 0 Å². The van der Waals surface area contributed by atoms with Crippen molar-refractivity contribution in [2.75, 3.05) is 5.75 Å². The Balaban J connectivity index is 2.75. The number of thioether (sulfide) groups is 1. The molecule has 0 aliphatic rings. The minimum atomic E-state index is 1.10. The van der Waals surface area contributed by atoms with Gasteiger partial charge in [0.2, 0.25) is 0 Å². The Morgan fingerprint density at radius 2 is 2.30 bits per heavy atom. The first-order valence-electron chi connectivity index (χ1n) is 3.37. The van der Waals surface area contributed by atoms with Crippen LogP contribution in [0, 0.1) is 6.92 Å². The number of rotatable bonds is 2. The highest BCUT2D eigenvalue weighted by Crippen LogP contribution is 2.17. The van der Waals surface area contributed by atoms with Crippen molar-refractivity contribution in [1.29, 1.82) is 0 Å². The fourth-order valence-corrected chi connectivity index (χ4v) is 1.54. The third-order valence-corrected chi connectivity index (χ3v) is 2.09. The maximum absolute atomic E-state index is 3.85. The van der Waals surface area contributed by atoms with Gasteiger partial charge in [-0.15, -0.1) is 11.8 Å². The highest BCUT2D eigenvalue weighted by Gasteiger charge is 1.89. The topological polar surface area (TPSA) is 0 Å². The van der Waals surface area contributed by atoms with E-state index in [1.807, 2.05) is 23.9 Å². The molecule has 0 aliphatic carbocycles. The van der Waals surface area contributed by atoms with E-state index in [1.54, 1.807) is 0 Å². The van der Waals surface area contributed by atoms with Gasteiger partial charge >= 0.3 is 0 Å². The molecular weight excluding hydrogens is 140 g/mol. The molecule has 0 heterocycles. The van der Waals surface area contributed by atoms with Gasteiger partial charge in [0, 0.05) is 4.90 Å². The van der Waals surface area contributed by atoms with Gasteiger partial charge in [0.05, 0.1) is 0 Å². The van der Waals surface area contributed by atoms with Gasteiger partial charge in [-0.3, -0.25) is 0 Å². The van der Waals surface area contributed by atoms with Crippen molar-refractivity contribution < 1.29 is 0 Å². The number of benzene rings is 1. The standard InChI is InChI=1S/C9H11S/c1-3-10-9-6-4-5-8(2)7-9/h4-7H,2-3H2,1H3. The van der Waals surface area contributed by atoms with Crippen molar-refractivity contribution in [2.24, 2.45) is 0 Å². The molecule has 0 unspecified atom stereocenters. The molecule has 1 heteroatoms. The lowest BCUT2D eigenvalue weighted by atomic mass is 10.2. The fraction of sp³-hybridized carbons (Fsp3) is 0.222. The van der Waals surface area contributed by atoms with E-state index in [0.717, 1.165) is 11.3 Å². The minimum Gasteiger partial charge on any atom is -0.126 e.